The summed E-state index contributed by atoms with van der Waals surface area (Å²) in [4.78, 5) is 0. The van der Waals surface area contributed by atoms with Gasteiger partial charge in [0.15, 0.2) is 0 Å². The van der Waals surface area contributed by atoms with Crippen molar-refractivity contribution in [1.82, 2.24) is 0 Å². The number of benzene rings is 2. The van der Waals surface area contributed by atoms with Crippen LogP contribution in [0.3, 0.4) is 0 Å². The maximum atomic E-state index is 6.22. The molecule has 1 unspecified atom stereocenters. The molecule has 0 aromatic heterocycles. The molecular weight excluding hydrogens is 407 g/mol. The third kappa shape index (κ3) is 2.34. The van der Waals surface area contributed by atoms with Crippen molar-refractivity contribution < 1.29 is 9.47 Å². The first-order chi connectivity index (χ1) is 9.63. The number of fused-ring (bicyclic) bond motifs is 2. The van der Waals surface area contributed by atoms with Crippen LogP contribution in [0.1, 0.15) is 17.0 Å². The first kappa shape index (κ1) is 14.2. The molecule has 0 saturated heterocycles. The standard InChI is InChI=1S/C15H11Br2ClO2/c1-19-13-5-9(17)6-14-15(13)11(7-18)10-4-8(16)2-3-12(10)20-14/h2-6,11H,7H2,1H3. The van der Waals surface area contributed by atoms with Gasteiger partial charge >= 0.3 is 0 Å². The van der Waals surface area contributed by atoms with Crippen LogP contribution in [-0.4, -0.2) is 13.0 Å². The highest BCUT2D eigenvalue weighted by molar-refractivity contribution is 9.10. The van der Waals surface area contributed by atoms with Gasteiger partial charge in [0.05, 0.1) is 7.11 Å². The van der Waals surface area contributed by atoms with E-state index in [1.165, 1.54) is 0 Å². The van der Waals surface area contributed by atoms with Crippen molar-refractivity contribution in [2.24, 2.45) is 0 Å². The summed E-state index contributed by atoms with van der Waals surface area (Å²) < 4.78 is 13.4. The van der Waals surface area contributed by atoms with Crippen LogP contribution >= 0.6 is 43.5 Å². The number of rotatable bonds is 2. The lowest BCUT2D eigenvalue weighted by Gasteiger charge is -2.28. The molecular formula is C15H11Br2ClO2. The van der Waals surface area contributed by atoms with Gasteiger partial charge in [-0.05, 0) is 30.3 Å². The first-order valence-electron chi connectivity index (χ1n) is 6.04. The highest BCUT2D eigenvalue weighted by Crippen LogP contribution is 2.50. The molecule has 20 heavy (non-hydrogen) atoms. The van der Waals surface area contributed by atoms with Crippen LogP contribution in [-0.2, 0) is 0 Å². The van der Waals surface area contributed by atoms with E-state index in [1.54, 1.807) is 7.11 Å². The largest absolute Gasteiger partial charge is 0.496 e. The Hall–Kier alpha value is -0.710. The van der Waals surface area contributed by atoms with Crippen molar-refractivity contribution in [3.63, 3.8) is 0 Å². The third-order valence-electron chi connectivity index (χ3n) is 3.36. The predicted octanol–water partition coefficient (Wildman–Crippen LogP) is 5.70. The Balaban J connectivity index is 2.23. The monoisotopic (exact) mass is 416 g/mol. The molecule has 0 radical (unpaired) electrons. The molecule has 1 aliphatic heterocycles. The van der Waals surface area contributed by atoms with Gasteiger partial charge < -0.3 is 9.47 Å². The minimum absolute atomic E-state index is 0.0518. The van der Waals surface area contributed by atoms with Crippen LogP contribution in [0.2, 0.25) is 0 Å². The van der Waals surface area contributed by atoms with E-state index in [4.69, 9.17) is 21.1 Å². The fourth-order valence-electron chi connectivity index (χ4n) is 2.48. The Labute approximate surface area is 139 Å². The highest BCUT2D eigenvalue weighted by atomic mass is 79.9. The van der Waals surface area contributed by atoms with Crippen molar-refractivity contribution >= 4 is 43.5 Å². The van der Waals surface area contributed by atoms with Crippen LogP contribution < -0.4 is 9.47 Å². The molecule has 0 saturated carbocycles. The van der Waals surface area contributed by atoms with E-state index in [0.717, 1.165) is 37.3 Å². The van der Waals surface area contributed by atoms with Gasteiger partial charge in [0.1, 0.15) is 17.2 Å². The van der Waals surface area contributed by atoms with Crippen molar-refractivity contribution in [3.8, 4) is 17.2 Å². The normalized spacial score (nSPS) is 16.1. The van der Waals surface area contributed by atoms with Crippen molar-refractivity contribution in [1.29, 1.82) is 0 Å². The quantitative estimate of drug-likeness (QED) is 0.583. The van der Waals surface area contributed by atoms with Gasteiger partial charge in [-0.2, -0.15) is 0 Å². The average molecular weight is 419 g/mol. The molecule has 0 spiro atoms. The summed E-state index contributed by atoms with van der Waals surface area (Å²) in [6, 6.07) is 9.85. The molecule has 2 nitrogen and oxygen atoms in total. The number of hydrogen-bond acceptors (Lipinski definition) is 2. The van der Waals surface area contributed by atoms with Gasteiger partial charge in [-0.3, -0.25) is 0 Å². The van der Waals surface area contributed by atoms with E-state index in [2.05, 4.69) is 31.9 Å². The summed E-state index contributed by atoms with van der Waals surface area (Å²) in [5.74, 6) is 2.93. The summed E-state index contributed by atoms with van der Waals surface area (Å²) in [5.41, 5.74) is 2.07. The summed E-state index contributed by atoms with van der Waals surface area (Å²) in [7, 11) is 1.66. The van der Waals surface area contributed by atoms with Gasteiger partial charge in [-0.25, -0.2) is 0 Å². The van der Waals surface area contributed by atoms with E-state index >= 15 is 0 Å². The van der Waals surface area contributed by atoms with Crippen LogP contribution in [0.15, 0.2) is 39.3 Å². The van der Waals surface area contributed by atoms with Crippen LogP contribution in [0.5, 0.6) is 17.2 Å². The van der Waals surface area contributed by atoms with Gasteiger partial charge in [0.2, 0.25) is 0 Å². The Morgan fingerprint density at radius 3 is 2.65 bits per heavy atom. The Morgan fingerprint density at radius 2 is 1.95 bits per heavy atom. The van der Waals surface area contributed by atoms with E-state index in [1.807, 2.05) is 30.3 Å². The van der Waals surface area contributed by atoms with Crippen molar-refractivity contribution in [2.45, 2.75) is 5.92 Å². The minimum Gasteiger partial charge on any atom is -0.496 e. The first-order valence-corrected chi connectivity index (χ1v) is 8.16. The van der Waals surface area contributed by atoms with Crippen LogP contribution in [0.4, 0.5) is 0 Å². The Kier molecular flexibility index (Phi) is 3.98. The molecule has 0 fully saturated rings. The zero-order valence-electron chi connectivity index (χ0n) is 10.6. The molecule has 2 aromatic carbocycles. The second-order valence-corrected chi connectivity index (χ2v) is 6.65. The van der Waals surface area contributed by atoms with Crippen LogP contribution in [0.25, 0.3) is 0 Å². The third-order valence-corrected chi connectivity index (χ3v) is 4.62. The molecule has 3 rings (SSSR count). The van der Waals surface area contributed by atoms with Crippen molar-refractivity contribution in [3.05, 3.63) is 50.4 Å². The summed E-state index contributed by atoms with van der Waals surface area (Å²) in [5, 5.41) is 0. The zero-order valence-corrected chi connectivity index (χ0v) is 14.5. The van der Waals surface area contributed by atoms with E-state index in [-0.39, 0.29) is 5.92 Å². The number of alkyl halides is 1. The molecule has 5 heteroatoms. The predicted molar refractivity (Wildman–Crippen MR) is 87.5 cm³/mol. The fourth-order valence-corrected chi connectivity index (χ4v) is 3.60. The molecule has 1 heterocycles. The lowest BCUT2D eigenvalue weighted by Crippen LogP contribution is -2.13. The molecule has 1 aliphatic rings. The van der Waals surface area contributed by atoms with E-state index in [9.17, 15) is 0 Å². The van der Waals surface area contributed by atoms with Gasteiger partial charge in [0.25, 0.3) is 0 Å². The fraction of sp³-hybridized carbons (Fsp3) is 0.200. The molecule has 1 atom stereocenters. The SMILES string of the molecule is COc1cc(Br)cc2c1C(CCl)c1cc(Br)ccc1O2. The summed E-state index contributed by atoms with van der Waals surface area (Å²) in [6.45, 7) is 0. The van der Waals surface area contributed by atoms with Gasteiger partial charge in [-0.15, -0.1) is 11.6 Å². The smallest absolute Gasteiger partial charge is 0.136 e. The Bertz CT molecular complexity index is 673. The van der Waals surface area contributed by atoms with Gasteiger partial charge in [-0.1, -0.05) is 31.9 Å². The lowest BCUT2D eigenvalue weighted by atomic mass is 9.89. The van der Waals surface area contributed by atoms with E-state index in [0.29, 0.717) is 5.88 Å². The molecule has 0 bridgehead atoms. The summed E-state index contributed by atoms with van der Waals surface area (Å²) in [6.07, 6.45) is 0. The van der Waals surface area contributed by atoms with Crippen molar-refractivity contribution in [2.75, 3.05) is 13.0 Å². The van der Waals surface area contributed by atoms with E-state index < -0.39 is 0 Å². The minimum atomic E-state index is 0.0518. The topological polar surface area (TPSA) is 18.5 Å². The second kappa shape index (κ2) is 5.58. The number of hydrogen-bond donors (Lipinski definition) is 0. The molecule has 0 aliphatic carbocycles. The highest BCUT2D eigenvalue weighted by Gasteiger charge is 2.30. The second-order valence-electron chi connectivity index (χ2n) is 4.51. The zero-order chi connectivity index (χ0) is 14.3. The number of methoxy groups -OCH3 is 1. The Morgan fingerprint density at radius 1 is 1.15 bits per heavy atom. The lowest BCUT2D eigenvalue weighted by molar-refractivity contribution is 0.391. The van der Waals surface area contributed by atoms with Crippen LogP contribution in [0, 0.1) is 0 Å². The molecule has 0 N–H and O–H groups in total. The molecule has 104 valence electrons. The molecule has 2 aromatic rings. The number of halogens is 3. The number of ether oxygens (including phenoxy) is 2. The summed E-state index contributed by atoms with van der Waals surface area (Å²) >= 11 is 13.2. The molecule has 0 amide bonds. The maximum Gasteiger partial charge on any atom is 0.136 e. The average Bonchev–Trinajstić information content (AvgIpc) is 2.44. The van der Waals surface area contributed by atoms with Gasteiger partial charge in [0, 0.05) is 31.9 Å². The maximum absolute atomic E-state index is 6.22.